The smallest absolute Gasteiger partial charge is 0.0375 e. The van der Waals surface area contributed by atoms with Crippen LogP contribution in [0.4, 0.5) is 0 Å². The second kappa shape index (κ2) is 5.85. The summed E-state index contributed by atoms with van der Waals surface area (Å²) in [5.41, 5.74) is 1.89. The summed E-state index contributed by atoms with van der Waals surface area (Å²) in [6.07, 6.45) is 3.41. The minimum atomic E-state index is 0. The summed E-state index contributed by atoms with van der Waals surface area (Å²) in [5.74, 6) is 0. The normalized spacial score (nSPS) is 8.54. The largest absolute Gasteiger partial charge is 0.330 e. The summed E-state index contributed by atoms with van der Waals surface area (Å²) in [4.78, 5) is 4.09. The molecule has 0 spiro atoms. The molecule has 71 valence electrons. The zero-order valence-electron chi connectivity index (χ0n) is 7.95. The van der Waals surface area contributed by atoms with Crippen molar-refractivity contribution >= 4 is 5.65 Å². The van der Waals surface area contributed by atoms with Crippen molar-refractivity contribution < 1.29 is 20.4 Å². The zero-order chi connectivity index (χ0) is 8.97. The molecular weight excluding hydrogens is 336 g/mol. The summed E-state index contributed by atoms with van der Waals surface area (Å²) >= 11 is 0. The molecule has 0 fully saturated rings. The van der Waals surface area contributed by atoms with Crippen LogP contribution in [0.5, 0.6) is 0 Å². The molecule has 0 bridgehead atoms. The van der Waals surface area contributed by atoms with Crippen molar-refractivity contribution in [2.75, 3.05) is 0 Å². The van der Waals surface area contributed by atoms with Crippen LogP contribution in [0.3, 0.4) is 0 Å². The fraction of sp³-hybridized carbons (Fsp3) is 0.333. The number of imidazole rings is 1. The standard InChI is InChI=1S/C7H6N3.C2H6.Re/c1-6-5-8-7-3-2-4-9-10(6)7;1-2;/h3-5H,1H3;1-2H3;/q-1;;. The van der Waals surface area contributed by atoms with Gasteiger partial charge in [0.1, 0.15) is 0 Å². The molecule has 0 aromatic carbocycles. The molecule has 0 unspecified atom stereocenters. The number of rotatable bonds is 0. The van der Waals surface area contributed by atoms with Crippen molar-refractivity contribution in [2.24, 2.45) is 0 Å². The Bertz CT molecular complexity index is 356. The van der Waals surface area contributed by atoms with Crippen LogP contribution in [0.1, 0.15) is 19.5 Å². The van der Waals surface area contributed by atoms with E-state index in [4.69, 9.17) is 0 Å². The van der Waals surface area contributed by atoms with Gasteiger partial charge >= 0.3 is 0 Å². The maximum atomic E-state index is 4.09. The van der Waals surface area contributed by atoms with E-state index in [1.807, 2.05) is 20.8 Å². The second-order valence-electron chi connectivity index (χ2n) is 2.13. The molecule has 0 N–H and O–H groups in total. The van der Waals surface area contributed by atoms with Crippen LogP contribution in [-0.4, -0.2) is 14.6 Å². The first-order valence-corrected chi connectivity index (χ1v) is 4.04. The fourth-order valence-electron chi connectivity index (χ4n) is 0.901. The molecule has 2 aromatic rings. The third-order valence-electron chi connectivity index (χ3n) is 1.39. The molecule has 2 rings (SSSR count). The van der Waals surface area contributed by atoms with Gasteiger partial charge in [-0.15, -0.1) is 0 Å². The summed E-state index contributed by atoms with van der Waals surface area (Å²) in [7, 11) is 0. The van der Waals surface area contributed by atoms with Gasteiger partial charge < -0.3 is 4.98 Å². The molecule has 3 nitrogen and oxygen atoms in total. The third-order valence-corrected chi connectivity index (χ3v) is 1.39. The van der Waals surface area contributed by atoms with Gasteiger partial charge in [0.15, 0.2) is 0 Å². The molecule has 1 radical (unpaired) electrons. The Morgan fingerprint density at radius 2 is 2.08 bits per heavy atom. The summed E-state index contributed by atoms with van der Waals surface area (Å²) in [5, 5.41) is 4.04. The van der Waals surface area contributed by atoms with Gasteiger partial charge in [0.05, 0.1) is 0 Å². The van der Waals surface area contributed by atoms with Crippen LogP contribution >= 0.6 is 0 Å². The first kappa shape index (κ1) is 12.3. The van der Waals surface area contributed by atoms with Crippen molar-refractivity contribution in [3.8, 4) is 0 Å². The average molecular weight is 348 g/mol. The van der Waals surface area contributed by atoms with E-state index in [2.05, 4.69) is 16.1 Å². The monoisotopic (exact) mass is 349 g/mol. The molecule has 0 aliphatic rings. The van der Waals surface area contributed by atoms with Gasteiger partial charge in [-0.05, 0) is 13.1 Å². The van der Waals surface area contributed by atoms with Crippen LogP contribution in [0.2, 0.25) is 0 Å². The summed E-state index contributed by atoms with van der Waals surface area (Å²) < 4.78 is 1.77. The minimum absolute atomic E-state index is 0. The number of aryl methyl sites for hydroxylation is 1. The van der Waals surface area contributed by atoms with Crippen LogP contribution in [0.25, 0.3) is 5.65 Å². The Hall–Kier alpha value is -0.718. The molecule has 0 atom stereocenters. The van der Waals surface area contributed by atoms with Crippen LogP contribution < -0.4 is 0 Å². The average Bonchev–Trinajstić information content (AvgIpc) is 2.53. The van der Waals surface area contributed by atoms with Gasteiger partial charge in [-0.25, -0.2) is 11.2 Å². The van der Waals surface area contributed by atoms with Gasteiger partial charge in [-0.2, -0.15) is 6.07 Å². The van der Waals surface area contributed by atoms with Crippen LogP contribution in [-0.2, 0) is 20.4 Å². The van der Waals surface area contributed by atoms with Gasteiger partial charge in [0.25, 0.3) is 0 Å². The van der Waals surface area contributed by atoms with Crippen LogP contribution in [0, 0.1) is 13.0 Å². The van der Waals surface area contributed by atoms with Gasteiger partial charge in [-0.3, -0.25) is 4.52 Å². The molecule has 0 aliphatic heterocycles. The topological polar surface area (TPSA) is 30.2 Å². The molecule has 0 saturated heterocycles. The predicted octanol–water partition coefficient (Wildman–Crippen LogP) is 1.86. The van der Waals surface area contributed by atoms with Gasteiger partial charge in [-0.1, -0.05) is 13.8 Å². The molecule has 0 amide bonds. The predicted molar refractivity (Wildman–Crippen MR) is 47.9 cm³/mol. The fourth-order valence-corrected chi connectivity index (χ4v) is 0.901. The van der Waals surface area contributed by atoms with Crippen molar-refractivity contribution in [1.29, 1.82) is 0 Å². The van der Waals surface area contributed by atoms with E-state index in [0.29, 0.717) is 0 Å². The number of fused-ring (bicyclic) bond motifs is 1. The van der Waals surface area contributed by atoms with Crippen molar-refractivity contribution in [1.82, 2.24) is 14.6 Å². The quantitative estimate of drug-likeness (QED) is 0.681. The molecule has 2 heterocycles. The Labute approximate surface area is 91.8 Å². The molecule has 4 heteroatoms. The third kappa shape index (κ3) is 2.61. The summed E-state index contributed by atoms with van der Waals surface area (Å²) in [6, 6.07) is 4.66. The first-order chi connectivity index (χ1) is 5.88. The van der Waals surface area contributed by atoms with E-state index in [-0.39, 0.29) is 20.4 Å². The van der Waals surface area contributed by atoms with Gasteiger partial charge in [0.2, 0.25) is 0 Å². The molecule has 2 aromatic heterocycles. The van der Waals surface area contributed by atoms with E-state index >= 15 is 0 Å². The second-order valence-corrected chi connectivity index (χ2v) is 2.13. The van der Waals surface area contributed by atoms with Crippen molar-refractivity contribution in [2.45, 2.75) is 20.8 Å². The van der Waals surface area contributed by atoms with E-state index in [9.17, 15) is 0 Å². The number of nitrogens with zero attached hydrogens (tertiary/aromatic N) is 3. The Balaban J connectivity index is 0.000000451. The minimum Gasteiger partial charge on any atom is -0.330 e. The van der Waals surface area contributed by atoms with Gasteiger partial charge in [0, 0.05) is 38.0 Å². The molecule has 0 saturated carbocycles. The number of aromatic nitrogens is 3. The molecule has 0 aliphatic carbocycles. The Morgan fingerprint density at radius 3 is 2.69 bits per heavy atom. The maximum absolute atomic E-state index is 4.09. The van der Waals surface area contributed by atoms with Crippen molar-refractivity contribution in [3.63, 3.8) is 0 Å². The number of hydrogen-bond acceptors (Lipinski definition) is 2. The first-order valence-electron chi connectivity index (χ1n) is 4.04. The van der Waals surface area contributed by atoms with Crippen molar-refractivity contribution in [3.05, 3.63) is 30.2 Å². The van der Waals surface area contributed by atoms with E-state index in [1.54, 1.807) is 23.0 Å². The number of hydrogen-bond donors (Lipinski definition) is 0. The zero-order valence-corrected chi connectivity index (χ0v) is 10.7. The van der Waals surface area contributed by atoms with Crippen LogP contribution in [0.15, 0.2) is 18.5 Å². The van der Waals surface area contributed by atoms with E-state index in [1.165, 1.54) is 0 Å². The SMILES string of the molecule is CC.Cc1cnc2c[c-]cnn12.[Re]. The maximum Gasteiger partial charge on any atom is 0.0375 e. The Morgan fingerprint density at radius 1 is 1.38 bits per heavy atom. The Kier molecular flexibility index (Phi) is 5.52. The van der Waals surface area contributed by atoms with E-state index < -0.39 is 0 Å². The summed E-state index contributed by atoms with van der Waals surface area (Å²) in [6.45, 7) is 5.97. The molecular formula is C9H12N3Re-. The van der Waals surface area contributed by atoms with E-state index in [0.717, 1.165) is 11.3 Å². The molecule has 13 heavy (non-hydrogen) atoms.